The maximum atomic E-state index is 11.7. The molecule has 0 spiro atoms. The van der Waals surface area contributed by atoms with E-state index in [-0.39, 0.29) is 12.1 Å². The van der Waals surface area contributed by atoms with E-state index in [0.29, 0.717) is 29.7 Å². The third-order valence-electron chi connectivity index (χ3n) is 2.45. The molecule has 112 valence electrons. The summed E-state index contributed by atoms with van der Waals surface area (Å²) in [5, 5.41) is 5.93. The van der Waals surface area contributed by atoms with E-state index in [2.05, 4.69) is 10.6 Å². The van der Waals surface area contributed by atoms with Crippen molar-refractivity contribution in [3.8, 4) is 5.75 Å². The van der Waals surface area contributed by atoms with Crippen LogP contribution in [0.3, 0.4) is 0 Å². The van der Waals surface area contributed by atoms with Gasteiger partial charge in [-0.1, -0.05) is 18.5 Å². The fraction of sp³-hybridized carbons (Fsp3) is 0.500. The van der Waals surface area contributed by atoms with Crippen LogP contribution in [-0.2, 0) is 4.74 Å². The average molecular weight is 301 g/mol. The van der Waals surface area contributed by atoms with Crippen molar-refractivity contribution in [3.63, 3.8) is 0 Å². The Labute approximate surface area is 124 Å². The maximum Gasteiger partial charge on any atom is 0.319 e. The van der Waals surface area contributed by atoms with Crippen LogP contribution in [0, 0.1) is 0 Å². The number of amides is 2. The Morgan fingerprint density at radius 3 is 2.80 bits per heavy atom. The number of benzene rings is 1. The van der Waals surface area contributed by atoms with E-state index < -0.39 is 0 Å². The normalized spacial score (nSPS) is 11.8. The predicted molar refractivity (Wildman–Crippen MR) is 80.7 cm³/mol. The van der Waals surface area contributed by atoms with E-state index in [9.17, 15) is 4.79 Å². The van der Waals surface area contributed by atoms with Crippen LogP contribution in [0.25, 0.3) is 0 Å². The smallest absolute Gasteiger partial charge is 0.319 e. The summed E-state index contributed by atoms with van der Waals surface area (Å²) in [5.74, 6) is 0.618. The number of rotatable bonds is 7. The molecule has 5 nitrogen and oxygen atoms in total. The number of methoxy groups -OCH3 is 1. The molecule has 0 heterocycles. The largest absolute Gasteiger partial charge is 0.492 e. The lowest BCUT2D eigenvalue weighted by Crippen LogP contribution is -2.38. The second kappa shape index (κ2) is 8.66. The van der Waals surface area contributed by atoms with Gasteiger partial charge >= 0.3 is 6.03 Å². The van der Waals surface area contributed by atoms with Crippen LogP contribution in [0.5, 0.6) is 5.75 Å². The third kappa shape index (κ3) is 5.67. The SMILES string of the molecule is CCCOc1ccc(NC(=O)NC(C)COC)cc1Cl. The van der Waals surface area contributed by atoms with Crippen LogP contribution in [0.15, 0.2) is 18.2 Å². The zero-order valence-corrected chi connectivity index (χ0v) is 12.8. The van der Waals surface area contributed by atoms with Gasteiger partial charge in [-0.25, -0.2) is 4.79 Å². The molecule has 0 aliphatic carbocycles. The fourth-order valence-electron chi connectivity index (χ4n) is 1.59. The van der Waals surface area contributed by atoms with E-state index in [1.807, 2.05) is 13.8 Å². The van der Waals surface area contributed by atoms with Gasteiger partial charge in [0.25, 0.3) is 0 Å². The first-order chi connectivity index (χ1) is 9.56. The number of halogens is 1. The molecule has 2 N–H and O–H groups in total. The predicted octanol–water partition coefficient (Wildman–Crippen LogP) is 3.29. The molecule has 0 radical (unpaired) electrons. The van der Waals surface area contributed by atoms with Gasteiger partial charge in [0.15, 0.2) is 0 Å². The Kier molecular flexibility index (Phi) is 7.18. The molecule has 1 rings (SSSR count). The summed E-state index contributed by atoms with van der Waals surface area (Å²) in [6.07, 6.45) is 0.913. The van der Waals surface area contributed by atoms with Crippen molar-refractivity contribution in [2.45, 2.75) is 26.3 Å². The molecular weight excluding hydrogens is 280 g/mol. The summed E-state index contributed by atoms with van der Waals surface area (Å²) in [6, 6.07) is 4.78. The molecule has 2 amide bonds. The first-order valence-electron chi connectivity index (χ1n) is 6.55. The minimum atomic E-state index is -0.298. The second-order valence-corrected chi connectivity index (χ2v) is 4.86. The molecule has 0 saturated carbocycles. The number of ether oxygens (including phenoxy) is 2. The number of urea groups is 1. The van der Waals surface area contributed by atoms with Crippen LogP contribution in [0.1, 0.15) is 20.3 Å². The number of hydrogen-bond acceptors (Lipinski definition) is 3. The Hall–Kier alpha value is -1.46. The van der Waals surface area contributed by atoms with Gasteiger partial charge in [0.2, 0.25) is 0 Å². The van der Waals surface area contributed by atoms with Crippen molar-refractivity contribution in [2.24, 2.45) is 0 Å². The lowest BCUT2D eigenvalue weighted by molar-refractivity contribution is 0.173. The van der Waals surface area contributed by atoms with Gasteiger partial charge in [-0.05, 0) is 31.5 Å². The molecule has 1 aromatic carbocycles. The minimum absolute atomic E-state index is 0.0670. The number of carbonyl (C=O) groups excluding carboxylic acids is 1. The molecule has 0 aliphatic rings. The molecule has 1 atom stereocenters. The van der Waals surface area contributed by atoms with Crippen LogP contribution in [-0.4, -0.2) is 32.4 Å². The van der Waals surface area contributed by atoms with Crippen molar-refractivity contribution in [1.82, 2.24) is 5.32 Å². The minimum Gasteiger partial charge on any atom is -0.492 e. The molecule has 0 fully saturated rings. The summed E-state index contributed by atoms with van der Waals surface area (Å²) in [7, 11) is 1.59. The first-order valence-corrected chi connectivity index (χ1v) is 6.93. The first kappa shape index (κ1) is 16.6. The Morgan fingerprint density at radius 2 is 2.20 bits per heavy atom. The highest BCUT2D eigenvalue weighted by atomic mass is 35.5. The molecule has 0 bridgehead atoms. The third-order valence-corrected chi connectivity index (χ3v) is 2.74. The van der Waals surface area contributed by atoms with E-state index in [1.54, 1.807) is 25.3 Å². The topological polar surface area (TPSA) is 59.6 Å². The maximum absolute atomic E-state index is 11.7. The highest BCUT2D eigenvalue weighted by Gasteiger charge is 2.08. The number of hydrogen-bond donors (Lipinski definition) is 2. The quantitative estimate of drug-likeness (QED) is 0.812. The van der Waals surface area contributed by atoms with Crippen molar-refractivity contribution in [3.05, 3.63) is 23.2 Å². The van der Waals surface area contributed by atoms with Crippen LogP contribution in [0.2, 0.25) is 5.02 Å². The van der Waals surface area contributed by atoms with Crippen LogP contribution in [0.4, 0.5) is 10.5 Å². The number of carbonyl (C=O) groups is 1. The van der Waals surface area contributed by atoms with Crippen molar-refractivity contribution in [1.29, 1.82) is 0 Å². The Morgan fingerprint density at radius 1 is 1.45 bits per heavy atom. The van der Waals surface area contributed by atoms with E-state index in [0.717, 1.165) is 6.42 Å². The van der Waals surface area contributed by atoms with Gasteiger partial charge in [0.05, 0.1) is 24.3 Å². The summed E-state index contributed by atoms with van der Waals surface area (Å²) in [6.45, 7) is 4.95. The Balaban J connectivity index is 2.55. The molecule has 1 aromatic rings. The van der Waals surface area contributed by atoms with Gasteiger partial charge in [-0.3, -0.25) is 0 Å². The summed E-state index contributed by atoms with van der Waals surface area (Å²) in [4.78, 5) is 11.7. The van der Waals surface area contributed by atoms with Gasteiger partial charge in [-0.15, -0.1) is 0 Å². The summed E-state index contributed by atoms with van der Waals surface area (Å²) < 4.78 is 10.4. The van der Waals surface area contributed by atoms with Gasteiger partial charge in [0, 0.05) is 12.8 Å². The lowest BCUT2D eigenvalue weighted by atomic mass is 10.3. The lowest BCUT2D eigenvalue weighted by Gasteiger charge is -2.14. The van der Waals surface area contributed by atoms with Gasteiger partial charge in [0.1, 0.15) is 5.75 Å². The molecule has 20 heavy (non-hydrogen) atoms. The van der Waals surface area contributed by atoms with E-state index >= 15 is 0 Å². The van der Waals surface area contributed by atoms with Gasteiger partial charge in [-0.2, -0.15) is 0 Å². The highest BCUT2D eigenvalue weighted by molar-refractivity contribution is 6.32. The molecule has 6 heteroatoms. The number of anilines is 1. The standard InChI is InChI=1S/C14H21ClN2O3/c1-4-7-20-13-6-5-11(8-12(13)15)17-14(18)16-10(2)9-19-3/h5-6,8,10H,4,7,9H2,1-3H3,(H2,16,17,18). The zero-order chi connectivity index (χ0) is 15.0. The second-order valence-electron chi connectivity index (χ2n) is 4.45. The average Bonchev–Trinajstić information content (AvgIpc) is 2.37. The summed E-state index contributed by atoms with van der Waals surface area (Å²) >= 11 is 6.09. The van der Waals surface area contributed by atoms with Crippen molar-refractivity contribution in [2.75, 3.05) is 25.6 Å². The van der Waals surface area contributed by atoms with E-state index in [1.165, 1.54) is 0 Å². The molecule has 0 saturated heterocycles. The van der Waals surface area contributed by atoms with Crippen LogP contribution >= 0.6 is 11.6 Å². The fourth-order valence-corrected chi connectivity index (χ4v) is 1.83. The Bertz CT molecular complexity index is 440. The molecular formula is C14H21ClN2O3. The number of nitrogens with one attached hydrogen (secondary N) is 2. The van der Waals surface area contributed by atoms with Crippen molar-refractivity contribution < 1.29 is 14.3 Å². The monoisotopic (exact) mass is 300 g/mol. The van der Waals surface area contributed by atoms with Crippen LogP contribution < -0.4 is 15.4 Å². The molecule has 0 aliphatic heterocycles. The zero-order valence-electron chi connectivity index (χ0n) is 12.0. The van der Waals surface area contributed by atoms with Crippen molar-refractivity contribution >= 4 is 23.3 Å². The molecule has 1 unspecified atom stereocenters. The summed E-state index contributed by atoms with van der Waals surface area (Å²) in [5.41, 5.74) is 0.612. The van der Waals surface area contributed by atoms with E-state index in [4.69, 9.17) is 21.1 Å². The molecule has 0 aromatic heterocycles. The highest BCUT2D eigenvalue weighted by Crippen LogP contribution is 2.27. The van der Waals surface area contributed by atoms with Gasteiger partial charge < -0.3 is 20.1 Å².